The van der Waals surface area contributed by atoms with Crippen LogP contribution in [0.15, 0.2) is 47.5 Å². The topological polar surface area (TPSA) is 55.7 Å². The number of nitrogens with one attached hydrogen (secondary N) is 1. The van der Waals surface area contributed by atoms with Gasteiger partial charge in [-0.3, -0.25) is 4.99 Å². The Labute approximate surface area is 135 Å². The molecule has 5 heteroatoms. The summed E-state index contributed by atoms with van der Waals surface area (Å²) in [6, 6.07) is 11.8. The van der Waals surface area contributed by atoms with E-state index < -0.39 is 0 Å². The van der Waals surface area contributed by atoms with Crippen LogP contribution in [0.3, 0.4) is 0 Å². The maximum absolute atomic E-state index is 5.29. The molecule has 1 aromatic heterocycles. The van der Waals surface area contributed by atoms with Crippen LogP contribution in [0.4, 0.5) is 11.5 Å². The lowest BCUT2D eigenvalue weighted by Crippen LogP contribution is -2.02. The van der Waals surface area contributed by atoms with Gasteiger partial charge in [-0.2, -0.15) is 4.98 Å². The van der Waals surface area contributed by atoms with Crippen molar-refractivity contribution in [1.29, 1.82) is 0 Å². The Morgan fingerprint density at radius 2 is 1.96 bits per heavy atom. The van der Waals surface area contributed by atoms with Gasteiger partial charge in [0.25, 0.3) is 0 Å². The summed E-state index contributed by atoms with van der Waals surface area (Å²) < 4.78 is 10.5. The van der Waals surface area contributed by atoms with Crippen LogP contribution in [0.1, 0.15) is 12.0 Å². The summed E-state index contributed by atoms with van der Waals surface area (Å²) in [5, 5.41) is 3.36. The predicted molar refractivity (Wildman–Crippen MR) is 93.0 cm³/mol. The first-order chi connectivity index (χ1) is 11.3. The van der Waals surface area contributed by atoms with E-state index in [4.69, 9.17) is 9.47 Å². The largest absolute Gasteiger partial charge is 0.496 e. The van der Waals surface area contributed by atoms with Crippen LogP contribution in [0.25, 0.3) is 5.57 Å². The molecule has 0 fully saturated rings. The lowest BCUT2D eigenvalue weighted by molar-refractivity contribution is 0.383. The molecule has 0 aliphatic carbocycles. The molecule has 0 radical (unpaired) electrons. The van der Waals surface area contributed by atoms with Crippen LogP contribution < -0.4 is 14.8 Å². The molecule has 0 saturated heterocycles. The highest BCUT2D eigenvalue weighted by Gasteiger charge is 2.10. The highest BCUT2D eigenvalue weighted by molar-refractivity contribution is 5.90. The summed E-state index contributed by atoms with van der Waals surface area (Å²) in [5.41, 5.74) is 3.41. The van der Waals surface area contributed by atoms with Crippen molar-refractivity contribution in [3.8, 4) is 11.6 Å². The molecule has 118 valence electrons. The molecule has 1 aliphatic heterocycles. The zero-order valence-electron chi connectivity index (χ0n) is 13.2. The number of anilines is 2. The van der Waals surface area contributed by atoms with Gasteiger partial charge in [-0.1, -0.05) is 18.2 Å². The minimum Gasteiger partial charge on any atom is -0.496 e. The molecule has 0 unspecified atom stereocenters. The predicted octanol–water partition coefficient (Wildman–Crippen LogP) is 3.70. The normalized spacial score (nSPS) is 13.4. The van der Waals surface area contributed by atoms with Crippen molar-refractivity contribution in [2.75, 3.05) is 26.1 Å². The standard InChI is InChI=1S/C18H19N3O2/c1-22-14-11-17(21-18(12-14)23-2)20-16-6-4-3-5-15(16)13-7-9-19-10-8-13/h3-7,9,11-12H,8,10H2,1-2H3,(H,20,21). The smallest absolute Gasteiger partial charge is 0.218 e. The fraction of sp³-hybridized carbons (Fsp3) is 0.222. The monoisotopic (exact) mass is 309 g/mol. The van der Waals surface area contributed by atoms with Crippen molar-refractivity contribution in [3.05, 3.63) is 48.0 Å². The summed E-state index contributed by atoms with van der Waals surface area (Å²) in [6.07, 6.45) is 4.86. The number of benzene rings is 1. The van der Waals surface area contributed by atoms with Crippen molar-refractivity contribution in [2.24, 2.45) is 4.99 Å². The zero-order valence-corrected chi connectivity index (χ0v) is 13.2. The van der Waals surface area contributed by atoms with Gasteiger partial charge in [-0.05, 0) is 24.1 Å². The number of para-hydroxylation sites is 1. The molecule has 3 rings (SSSR count). The number of ether oxygens (including phenoxy) is 2. The van der Waals surface area contributed by atoms with Crippen molar-refractivity contribution in [3.63, 3.8) is 0 Å². The number of aromatic nitrogens is 1. The molecule has 2 heterocycles. The van der Waals surface area contributed by atoms with Crippen LogP contribution in [0.2, 0.25) is 0 Å². The van der Waals surface area contributed by atoms with Crippen LogP contribution >= 0.6 is 0 Å². The zero-order chi connectivity index (χ0) is 16.1. The number of aliphatic imine (C=N–C) groups is 1. The summed E-state index contributed by atoms with van der Waals surface area (Å²) in [4.78, 5) is 8.67. The van der Waals surface area contributed by atoms with E-state index in [9.17, 15) is 0 Å². The van der Waals surface area contributed by atoms with E-state index in [1.807, 2.05) is 30.5 Å². The van der Waals surface area contributed by atoms with Crippen LogP contribution in [-0.4, -0.2) is 32.0 Å². The number of pyridine rings is 1. The molecular formula is C18H19N3O2. The molecular weight excluding hydrogens is 290 g/mol. The molecule has 0 amide bonds. The van der Waals surface area contributed by atoms with Gasteiger partial charge in [0.05, 0.1) is 14.2 Å². The summed E-state index contributed by atoms with van der Waals surface area (Å²) >= 11 is 0. The van der Waals surface area contributed by atoms with E-state index in [1.54, 1.807) is 20.3 Å². The molecule has 0 saturated carbocycles. The van der Waals surface area contributed by atoms with Crippen molar-refractivity contribution in [2.45, 2.75) is 6.42 Å². The minimum absolute atomic E-state index is 0.508. The second kappa shape index (κ2) is 6.96. The van der Waals surface area contributed by atoms with Gasteiger partial charge in [0.2, 0.25) is 5.88 Å². The average Bonchev–Trinajstić information content (AvgIpc) is 2.62. The second-order valence-corrected chi connectivity index (χ2v) is 5.10. The number of methoxy groups -OCH3 is 2. The maximum Gasteiger partial charge on any atom is 0.218 e. The van der Waals surface area contributed by atoms with Crippen LogP contribution in [0.5, 0.6) is 11.6 Å². The van der Waals surface area contributed by atoms with Crippen LogP contribution in [-0.2, 0) is 0 Å². The average molecular weight is 309 g/mol. The van der Waals surface area contributed by atoms with Gasteiger partial charge in [0.15, 0.2) is 0 Å². The van der Waals surface area contributed by atoms with E-state index in [0.29, 0.717) is 17.4 Å². The molecule has 1 aromatic carbocycles. The van der Waals surface area contributed by atoms with E-state index in [1.165, 1.54) is 5.57 Å². The third kappa shape index (κ3) is 3.51. The third-order valence-corrected chi connectivity index (χ3v) is 3.65. The Morgan fingerprint density at radius 3 is 2.70 bits per heavy atom. The van der Waals surface area contributed by atoms with Crippen molar-refractivity contribution < 1.29 is 9.47 Å². The quantitative estimate of drug-likeness (QED) is 0.915. The number of allylic oxidation sites excluding steroid dienone is 1. The second-order valence-electron chi connectivity index (χ2n) is 5.10. The first kappa shape index (κ1) is 15.1. The molecule has 23 heavy (non-hydrogen) atoms. The number of dihydropyridines is 1. The van der Waals surface area contributed by atoms with Crippen LogP contribution in [0, 0.1) is 0 Å². The van der Waals surface area contributed by atoms with Gasteiger partial charge in [0, 0.05) is 36.1 Å². The van der Waals surface area contributed by atoms with Gasteiger partial charge in [0.1, 0.15) is 11.6 Å². The van der Waals surface area contributed by atoms with E-state index in [-0.39, 0.29) is 0 Å². The van der Waals surface area contributed by atoms with Crippen molar-refractivity contribution in [1.82, 2.24) is 4.98 Å². The summed E-state index contributed by atoms with van der Waals surface area (Å²) in [6.45, 7) is 0.825. The fourth-order valence-electron chi connectivity index (χ4n) is 2.49. The van der Waals surface area contributed by atoms with Gasteiger partial charge in [-0.15, -0.1) is 0 Å². The fourth-order valence-corrected chi connectivity index (χ4v) is 2.49. The SMILES string of the molecule is COc1cc(Nc2ccccc2C2=CC=NCC2)nc(OC)c1. The van der Waals surface area contributed by atoms with E-state index in [0.717, 1.165) is 24.2 Å². The Hall–Kier alpha value is -2.82. The number of rotatable bonds is 5. The summed E-state index contributed by atoms with van der Waals surface area (Å²) in [5.74, 6) is 1.88. The Balaban J connectivity index is 1.94. The number of hydrogen-bond acceptors (Lipinski definition) is 5. The molecule has 1 aliphatic rings. The Bertz CT molecular complexity index is 731. The Morgan fingerprint density at radius 1 is 1.09 bits per heavy atom. The lowest BCUT2D eigenvalue weighted by Gasteiger charge is -2.16. The molecule has 0 spiro atoms. The molecule has 1 N–H and O–H groups in total. The molecule has 0 atom stereocenters. The van der Waals surface area contributed by atoms with Gasteiger partial charge >= 0.3 is 0 Å². The van der Waals surface area contributed by atoms with E-state index >= 15 is 0 Å². The maximum atomic E-state index is 5.29. The lowest BCUT2D eigenvalue weighted by atomic mass is 9.99. The van der Waals surface area contributed by atoms with Gasteiger partial charge in [-0.25, -0.2) is 0 Å². The van der Waals surface area contributed by atoms with Gasteiger partial charge < -0.3 is 14.8 Å². The Kier molecular flexibility index (Phi) is 4.57. The molecule has 0 bridgehead atoms. The highest BCUT2D eigenvalue weighted by atomic mass is 16.5. The number of hydrogen-bond donors (Lipinski definition) is 1. The molecule has 5 nitrogen and oxygen atoms in total. The highest BCUT2D eigenvalue weighted by Crippen LogP contribution is 2.31. The first-order valence-electron chi connectivity index (χ1n) is 7.45. The first-order valence-corrected chi connectivity index (χ1v) is 7.45. The van der Waals surface area contributed by atoms with Crippen molar-refractivity contribution >= 4 is 23.3 Å². The van der Waals surface area contributed by atoms with E-state index in [2.05, 4.69) is 27.4 Å². The summed E-state index contributed by atoms with van der Waals surface area (Å²) in [7, 11) is 3.21. The number of nitrogens with zero attached hydrogens (tertiary/aromatic N) is 2. The minimum atomic E-state index is 0.508. The third-order valence-electron chi connectivity index (χ3n) is 3.65. The molecule has 2 aromatic rings.